The largest absolute Gasteiger partial charge is 0.382 e. The zero-order chi connectivity index (χ0) is 14.8. The summed E-state index contributed by atoms with van der Waals surface area (Å²) in [6.45, 7) is 5.32. The summed E-state index contributed by atoms with van der Waals surface area (Å²) in [5, 5.41) is 14.8. The first-order chi connectivity index (χ1) is 9.47. The molecular weight excluding hydrogens is 264 g/mol. The van der Waals surface area contributed by atoms with Gasteiger partial charge in [0.1, 0.15) is 29.9 Å². The van der Waals surface area contributed by atoms with Gasteiger partial charge in [-0.25, -0.2) is 18.4 Å². The van der Waals surface area contributed by atoms with Crippen molar-refractivity contribution >= 4 is 0 Å². The zero-order valence-electron chi connectivity index (χ0n) is 11.0. The summed E-state index contributed by atoms with van der Waals surface area (Å²) in [5.41, 5.74) is -1.59. The third kappa shape index (κ3) is 2.60. The second-order valence-corrected chi connectivity index (χ2v) is 4.67. The van der Waals surface area contributed by atoms with E-state index in [0.29, 0.717) is 0 Å². The maximum atomic E-state index is 14.0. The lowest BCUT2D eigenvalue weighted by atomic mass is 9.82. The van der Waals surface area contributed by atoms with Gasteiger partial charge in [-0.2, -0.15) is 5.10 Å². The molecule has 0 aliphatic heterocycles. The summed E-state index contributed by atoms with van der Waals surface area (Å²) in [5.74, 6) is -1.96. The summed E-state index contributed by atoms with van der Waals surface area (Å²) < 4.78 is 28.4. The van der Waals surface area contributed by atoms with Crippen molar-refractivity contribution in [3.05, 3.63) is 60.7 Å². The highest BCUT2D eigenvalue weighted by atomic mass is 19.1. The number of hydrogen-bond acceptors (Lipinski definition) is 3. The Morgan fingerprint density at radius 2 is 2.25 bits per heavy atom. The molecule has 0 aliphatic carbocycles. The van der Waals surface area contributed by atoms with Crippen LogP contribution in [0.5, 0.6) is 0 Å². The SMILES string of the molecule is C=C[C@@H](C)[C@](O)(Cn1cncn1)c1ccc(F)cc1F. The summed E-state index contributed by atoms with van der Waals surface area (Å²) >= 11 is 0. The topological polar surface area (TPSA) is 50.9 Å². The summed E-state index contributed by atoms with van der Waals surface area (Å²) in [6.07, 6.45) is 4.25. The van der Waals surface area contributed by atoms with Crippen molar-refractivity contribution in [2.24, 2.45) is 5.92 Å². The van der Waals surface area contributed by atoms with Crippen LogP contribution in [0.3, 0.4) is 0 Å². The molecular formula is C14H15F2N3O. The van der Waals surface area contributed by atoms with Gasteiger partial charge < -0.3 is 5.11 Å². The molecule has 2 atom stereocenters. The van der Waals surface area contributed by atoms with E-state index in [1.54, 1.807) is 6.92 Å². The average molecular weight is 279 g/mol. The fraction of sp³-hybridized carbons (Fsp3) is 0.286. The fourth-order valence-electron chi connectivity index (χ4n) is 2.07. The Morgan fingerprint density at radius 1 is 1.50 bits per heavy atom. The summed E-state index contributed by atoms with van der Waals surface area (Å²) in [6, 6.07) is 3.10. The smallest absolute Gasteiger partial charge is 0.137 e. The van der Waals surface area contributed by atoms with Crippen LogP contribution in [0.25, 0.3) is 0 Å². The minimum Gasteiger partial charge on any atom is -0.382 e. The van der Waals surface area contributed by atoms with Crippen molar-refractivity contribution in [3.8, 4) is 0 Å². The van der Waals surface area contributed by atoms with Crippen molar-refractivity contribution in [1.29, 1.82) is 0 Å². The standard InChI is InChI=1S/C14H15F2N3O/c1-3-10(2)14(20,7-19-9-17-8-18-19)12-5-4-11(15)6-13(12)16/h3-6,8-10,20H,1,7H2,2H3/t10-,14-/m1/s1. The van der Waals surface area contributed by atoms with Gasteiger partial charge in [0, 0.05) is 17.5 Å². The Morgan fingerprint density at radius 3 is 2.80 bits per heavy atom. The first-order valence-electron chi connectivity index (χ1n) is 6.10. The van der Waals surface area contributed by atoms with Gasteiger partial charge in [-0.3, -0.25) is 0 Å². The van der Waals surface area contributed by atoms with Gasteiger partial charge in [-0.05, 0) is 6.07 Å². The summed E-state index contributed by atoms with van der Waals surface area (Å²) in [4.78, 5) is 3.78. The quantitative estimate of drug-likeness (QED) is 0.854. The molecule has 20 heavy (non-hydrogen) atoms. The molecule has 0 saturated heterocycles. The molecule has 1 heterocycles. The molecule has 0 bridgehead atoms. The summed E-state index contributed by atoms with van der Waals surface area (Å²) in [7, 11) is 0. The van der Waals surface area contributed by atoms with E-state index >= 15 is 0 Å². The van der Waals surface area contributed by atoms with Crippen LogP contribution in [0, 0.1) is 17.6 Å². The highest BCUT2D eigenvalue weighted by Crippen LogP contribution is 2.34. The van der Waals surface area contributed by atoms with Crippen molar-refractivity contribution < 1.29 is 13.9 Å². The van der Waals surface area contributed by atoms with Crippen LogP contribution < -0.4 is 0 Å². The van der Waals surface area contributed by atoms with E-state index < -0.39 is 23.2 Å². The Labute approximate surface area is 115 Å². The van der Waals surface area contributed by atoms with Crippen molar-refractivity contribution in [1.82, 2.24) is 14.8 Å². The Kier molecular flexibility index (Phi) is 3.94. The zero-order valence-corrected chi connectivity index (χ0v) is 11.0. The normalized spacial score (nSPS) is 15.6. The molecule has 2 rings (SSSR count). The van der Waals surface area contributed by atoms with Crippen molar-refractivity contribution in [3.63, 3.8) is 0 Å². The number of hydrogen-bond donors (Lipinski definition) is 1. The van der Waals surface area contributed by atoms with Crippen LogP contribution in [0.2, 0.25) is 0 Å². The van der Waals surface area contributed by atoms with Gasteiger partial charge in [0.25, 0.3) is 0 Å². The molecule has 0 aliphatic rings. The first kappa shape index (κ1) is 14.3. The van der Waals surface area contributed by atoms with Crippen LogP contribution in [0.4, 0.5) is 8.78 Å². The molecule has 2 aromatic rings. The molecule has 0 fully saturated rings. The van der Waals surface area contributed by atoms with Crippen LogP contribution in [-0.4, -0.2) is 19.9 Å². The van der Waals surface area contributed by atoms with E-state index in [1.807, 2.05) is 0 Å². The number of nitrogens with zero attached hydrogens (tertiary/aromatic N) is 3. The minimum atomic E-state index is -1.59. The lowest BCUT2D eigenvalue weighted by molar-refractivity contribution is -0.0222. The second-order valence-electron chi connectivity index (χ2n) is 4.67. The van der Waals surface area contributed by atoms with E-state index in [0.717, 1.165) is 12.1 Å². The lowest BCUT2D eigenvalue weighted by Crippen LogP contribution is -2.38. The molecule has 0 amide bonds. The predicted molar refractivity (Wildman–Crippen MR) is 69.6 cm³/mol. The minimum absolute atomic E-state index is 0.00167. The molecule has 1 aromatic heterocycles. The van der Waals surface area contributed by atoms with Crippen molar-refractivity contribution in [2.75, 3.05) is 0 Å². The Hall–Kier alpha value is -2.08. The second kappa shape index (κ2) is 5.50. The number of rotatable bonds is 5. The Balaban J connectivity index is 2.48. The van der Waals surface area contributed by atoms with Gasteiger partial charge in [-0.1, -0.05) is 19.1 Å². The average Bonchev–Trinajstić information content (AvgIpc) is 2.90. The van der Waals surface area contributed by atoms with E-state index in [-0.39, 0.29) is 12.1 Å². The van der Waals surface area contributed by atoms with Crippen LogP contribution in [0.1, 0.15) is 12.5 Å². The van der Waals surface area contributed by atoms with E-state index in [1.165, 1.54) is 29.5 Å². The van der Waals surface area contributed by atoms with Crippen molar-refractivity contribution in [2.45, 2.75) is 19.1 Å². The molecule has 6 heteroatoms. The monoisotopic (exact) mass is 279 g/mol. The Bertz CT molecular complexity index is 600. The van der Waals surface area contributed by atoms with E-state index in [9.17, 15) is 13.9 Å². The van der Waals surface area contributed by atoms with Crippen LogP contribution in [0.15, 0.2) is 43.5 Å². The molecule has 0 spiro atoms. The third-order valence-corrected chi connectivity index (χ3v) is 3.37. The third-order valence-electron chi connectivity index (χ3n) is 3.37. The predicted octanol–water partition coefficient (Wildman–Crippen LogP) is 2.27. The lowest BCUT2D eigenvalue weighted by Gasteiger charge is -2.33. The molecule has 1 N–H and O–H groups in total. The number of aliphatic hydroxyl groups is 1. The number of halogens is 2. The molecule has 4 nitrogen and oxygen atoms in total. The van der Waals surface area contributed by atoms with Crippen LogP contribution >= 0.6 is 0 Å². The van der Waals surface area contributed by atoms with E-state index in [2.05, 4.69) is 16.7 Å². The molecule has 0 unspecified atom stereocenters. The van der Waals surface area contributed by atoms with Gasteiger partial charge in [-0.15, -0.1) is 6.58 Å². The maximum Gasteiger partial charge on any atom is 0.137 e. The van der Waals surface area contributed by atoms with Gasteiger partial charge in [0.05, 0.1) is 6.54 Å². The number of benzene rings is 1. The van der Waals surface area contributed by atoms with Crippen LogP contribution in [-0.2, 0) is 12.1 Å². The highest BCUT2D eigenvalue weighted by molar-refractivity contribution is 5.27. The fourth-order valence-corrected chi connectivity index (χ4v) is 2.07. The van der Waals surface area contributed by atoms with E-state index in [4.69, 9.17) is 0 Å². The van der Waals surface area contributed by atoms with Gasteiger partial charge in [0.2, 0.25) is 0 Å². The molecule has 0 saturated carbocycles. The van der Waals surface area contributed by atoms with Gasteiger partial charge in [0.15, 0.2) is 0 Å². The molecule has 1 aromatic carbocycles. The highest BCUT2D eigenvalue weighted by Gasteiger charge is 2.37. The number of aromatic nitrogens is 3. The maximum absolute atomic E-state index is 14.0. The van der Waals surface area contributed by atoms with Gasteiger partial charge >= 0.3 is 0 Å². The molecule has 0 radical (unpaired) electrons. The molecule has 106 valence electrons. The first-order valence-corrected chi connectivity index (χ1v) is 6.10.